The molecule has 2 heterocycles. The molecule has 0 unspecified atom stereocenters. The zero-order valence-corrected chi connectivity index (χ0v) is 17.9. The first kappa shape index (κ1) is 20.4. The standard InChI is InChI=1S/C23H33N3O2/c1-6-10-25(11-7-2)23(27)20-15-26-14-18(8-9-21(26)24-20)19-12-16(3)22(28-5)17(4)13-19/h12-13,15,18H,6-11,14H2,1-5H3/t18-/m1/s1. The Morgan fingerprint density at radius 2 is 1.86 bits per heavy atom. The maximum atomic E-state index is 12.9. The van der Waals surface area contributed by atoms with Gasteiger partial charge in [-0.3, -0.25) is 4.79 Å². The Morgan fingerprint density at radius 1 is 1.21 bits per heavy atom. The maximum absolute atomic E-state index is 12.9. The van der Waals surface area contributed by atoms with Crippen LogP contribution in [-0.2, 0) is 13.0 Å². The summed E-state index contributed by atoms with van der Waals surface area (Å²) in [5.74, 6) is 2.52. The van der Waals surface area contributed by atoms with Crippen molar-refractivity contribution in [3.8, 4) is 5.75 Å². The number of hydrogen-bond donors (Lipinski definition) is 0. The van der Waals surface area contributed by atoms with E-state index in [4.69, 9.17) is 4.74 Å². The van der Waals surface area contributed by atoms with E-state index < -0.39 is 0 Å². The van der Waals surface area contributed by atoms with Gasteiger partial charge in [0.2, 0.25) is 0 Å². The summed E-state index contributed by atoms with van der Waals surface area (Å²) in [6.07, 6.45) is 5.87. The average molecular weight is 384 g/mol. The molecule has 1 aromatic heterocycles. The summed E-state index contributed by atoms with van der Waals surface area (Å²) >= 11 is 0. The predicted octanol–water partition coefficient (Wildman–Crippen LogP) is 4.50. The van der Waals surface area contributed by atoms with Gasteiger partial charge in [-0.1, -0.05) is 26.0 Å². The quantitative estimate of drug-likeness (QED) is 0.707. The minimum atomic E-state index is 0.0679. The zero-order chi connectivity index (χ0) is 20.3. The SMILES string of the molecule is CCCN(CCC)C(=O)c1cn2c(n1)CC[C@@H](c1cc(C)c(OC)c(C)c1)C2. The van der Waals surface area contributed by atoms with E-state index in [-0.39, 0.29) is 5.91 Å². The normalized spacial score (nSPS) is 16.0. The van der Waals surface area contributed by atoms with Crippen LogP contribution in [0.15, 0.2) is 18.3 Å². The Labute approximate surface area is 168 Å². The van der Waals surface area contributed by atoms with Gasteiger partial charge in [0.15, 0.2) is 0 Å². The number of hydrogen-bond acceptors (Lipinski definition) is 3. The smallest absolute Gasteiger partial charge is 0.274 e. The van der Waals surface area contributed by atoms with Crippen molar-refractivity contribution in [1.29, 1.82) is 0 Å². The van der Waals surface area contributed by atoms with Crippen molar-refractivity contribution in [2.45, 2.75) is 65.8 Å². The van der Waals surface area contributed by atoms with Gasteiger partial charge in [-0.2, -0.15) is 0 Å². The topological polar surface area (TPSA) is 47.4 Å². The van der Waals surface area contributed by atoms with E-state index in [0.717, 1.165) is 56.9 Å². The van der Waals surface area contributed by atoms with Gasteiger partial charge in [-0.25, -0.2) is 4.98 Å². The summed E-state index contributed by atoms with van der Waals surface area (Å²) < 4.78 is 7.70. The molecule has 1 aromatic carbocycles. The summed E-state index contributed by atoms with van der Waals surface area (Å²) in [5, 5.41) is 0. The van der Waals surface area contributed by atoms with Crippen molar-refractivity contribution >= 4 is 5.91 Å². The lowest BCUT2D eigenvalue weighted by Crippen LogP contribution is -2.32. The van der Waals surface area contributed by atoms with E-state index >= 15 is 0 Å². The summed E-state index contributed by atoms with van der Waals surface area (Å²) in [5.41, 5.74) is 4.31. The van der Waals surface area contributed by atoms with Gasteiger partial charge in [0, 0.05) is 38.2 Å². The molecule has 0 saturated heterocycles. The molecule has 5 heteroatoms. The Balaban J connectivity index is 1.80. The molecule has 0 N–H and O–H groups in total. The first-order chi connectivity index (χ1) is 13.5. The van der Waals surface area contributed by atoms with Crippen LogP contribution in [-0.4, -0.2) is 40.6 Å². The largest absolute Gasteiger partial charge is 0.496 e. The fourth-order valence-electron chi connectivity index (χ4n) is 4.38. The second-order valence-corrected chi connectivity index (χ2v) is 7.91. The molecule has 1 atom stereocenters. The molecule has 2 aromatic rings. The maximum Gasteiger partial charge on any atom is 0.274 e. The van der Waals surface area contributed by atoms with Crippen molar-refractivity contribution < 1.29 is 9.53 Å². The van der Waals surface area contributed by atoms with Crippen LogP contribution in [0.3, 0.4) is 0 Å². The number of nitrogens with zero attached hydrogens (tertiary/aromatic N) is 3. The van der Waals surface area contributed by atoms with Crippen LogP contribution >= 0.6 is 0 Å². The number of ether oxygens (including phenoxy) is 1. The lowest BCUT2D eigenvalue weighted by atomic mass is 9.89. The van der Waals surface area contributed by atoms with Crippen LogP contribution < -0.4 is 4.74 Å². The summed E-state index contributed by atoms with van der Waals surface area (Å²) in [7, 11) is 1.73. The number of benzene rings is 1. The van der Waals surface area contributed by atoms with Crippen LogP contribution in [0.25, 0.3) is 0 Å². The Morgan fingerprint density at radius 3 is 2.43 bits per heavy atom. The summed E-state index contributed by atoms with van der Waals surface area (Å²) in [4.78, 5) is 19.5. The van der Waals surface area contributed by atoms with Crippen LogP contribution in [0.2, 0.25) is 0 Å². The third-order valence-electron chi connectivity index (χ3n) is 5.64. The minimum Gasteiger partial charge on any atom is -0.496 e. The molecule has 0 radical (unpaired) electrons. The lowest BCUT2D eigenvalue weighted by Gasteiger charge is -2.25. The predicted molar refractivity (Wildman–Crippen MR) is 112 cm³/mol. The molecule has 3 rings (SSSR count). The van der Waals surface area contributed by atoms with Crippen LogP contribution in [0.5, 0.6) is 5.75 Å². The number of aryl methyl sites for hydroxylation is 3. The van der Waals surface area contributed by atoms with E-state index in [9.17, 15) is 4.79 Å². The van der Waals surface area contributed by atoms with E-state index in [1.807, 2.05) is 11.1 Å². The number of aromatic nitrogens is 2. The van der Waals surface area contributed by atoms with Crippen molar-refractivity contribution in [3.63, 3.8) is 0 Å². The van der Waals surface area contributed by atoms with Crippen LogP contribution in [0.4, 0.5) is 0 Å². The Kier molecular flexibility index (Phi) is 6.42. The van der Waals surface area contributed by atoms with E-state index in [1.165, 1.54) is 16.7 Å². The van der Waals surface area contributed by atoms with Crippen molar-refractivity contribution in [3.05, 3.63) is 46.5 Å². The van der Waals surface area contributed by atoms with E-state index in [2.05, 4.69) is 49.4 Å². The number of amides is 1. The van der Waals surface area contributed by atoms with Gasteiger partial charge in [0.1, 0.15) is 17.3 Å². The first-order valence-corrected chi connectivity index (χ1v) is 10.5. The van der Waals surface area contributed by atoms with Crippen molar-refractivity contribution in [1.82, 2.24) is 14.5 Å². The molecule has 0 fully saturated rings. The molecular formula is C23H33N3O2. The fourth-order valence-corrected chi connectivity index (χ4v) is 4.38. The molecule has 0 saturated carbocycles. The fraction of sp³-hybridized carbons (Fsp3) is 0.565. The van der Waals surface area contributed by atoms with Gasteiger partial charge in [-0.05, 0) is 49.8 Å². The van der Waals surface area contributed by atoms with Gasteiger partial charge < -0.3 is 14.2 Å². The van der Waals surface area contributed by atoms with Crippen molar-refractivity contribution in [2.24, 2.45) is 0 Å². The number of carbonyl (C=O) groups excluding carboxylic acids is 1. The molecule has 28 heavy (non-hydrogen) atoms. The molecule has 1 amide bonds. The minimum absolute atomic E-state index is 0.0679. The highest BCUT2D eigenvalue weighted by atomic mass is 16.5. The second-order valence-electron chi connectivity index (χ2n) is 7.91. The lowest BCUT2D eigenvalue weighted by molar-refractivity contribution is 0.0750. The van der Waals surface area contributed by atoms with Crippen molar-refractivity contribution in [2.75, 3.05) is 20.2 Å². The number of imidazole rings is 1. The van der Waals surface area contributed by atoms with Gasteiger partial charge >= 0.3 is 0 Å². The monoisotopic (exact) mass is 383 g/mol. The number of fused-ring (bicyclic) bond motifs is 1. The zero-order valence-electron chi connectivity index (χ0n) is 17.9. The summed E-state index contributed by atoms with van der Waals surface area (Å²) in [6, 6.07) is 4.49. The second kappa shape index (κ2) is 8.80. The third-order valence-corrected chi connectivity index (χ3v) is 5.64. The van der Waals surface area contributed by atoms with Gasteiger partial charge in [0.05, 0.1) is 7.11 Å². The third kappa shape index (κ3) is 4.08. The first-order valence-electron chi connectivity index (χ1n) is 10.5. The highest BCUT2D eigenvalue weighted by Crippen LogP contribution is 2.33. The van der Waals surface area contributed by atoms with Gasteiger partial charge in [0.25, 0.3) is 5.91 Å². The molecule has 5 nitrogen and oxygen atoms in total. The molecular weight excluding hydrogens is 350 g/mol. The van der Waals surface area contributed by atoms with Crippen LogP contribution in [0.1, 0.15) is 72.0 Å². The number of methoxy groups -OCH3 is 1. The number of carbonyl (C=O) groups is 1. The van der Waals surface area contributed by atoms with Crippen LogP contribution in [0, 0.1) is 13.8 Å². The van der Waals surface area contributed by atoms with E-state index in [1.54, 1.807) is 7.11 Å². The molecule has 0 bridgehead atoms. The Hall–Kier alpha value is -2.30. The molecule has 1 aliphatic heterocycles. The van der Waals surface area contributed by atoms with E-state index in [0.29, 0.717) is 11.6 Å². The average Bonchev–Trinajstić information content (AvgIpc) is 3.10. The highest BCUT2D eigenvalue weighted by Gasteiger charge is 2.25. The van der Waals surface area contributed by atoms with Gasteiger partial charge in [-0.15, -0.1) is 0 Å². The molecule has 1 aliphatic rings. The molecule has 0 spiro atoms. The number of rotatable bonds is 7. The highest BCUT2D eigenvalue weighted by molar-refractivity contribution is 5.92. The molecule has 0 aliphatic carbocycles. The summed E-state index contributed by atoms with van der Waals surface area (Å²) in [6.45, 7) is 10.9. The Bertz CT molecular complexity index is 811. The molecule has 152 valence electrons.